The van der Waals surface area contributed by atoms with E-state index in [1.54, 1.807) is 29.7 Å². The number of carbonyl (C=O) groups is 2. The SMILES string of the molecule is O=C([C@@H]1CC(=O)N(c2cccc(F)c2)C1)N1CCN(c2nccs2)CC1. The van der Waals surface area contributed by atoms with Crippen LogP contribution in [0, 0.1) is 11.7 Å². The van der Waals surface area contributed by atoms with Gasteiger partial charge >= 0.3 is 0 Å². The van der Waals surface area contributed by atoms with Crippen molar-refractivity contribution in [3.05, 3.63) is 41.7 Å². The van der Waals surface area contributed by atoms with E-state index in [9.17, 15) is 14.0 Å². The lowest BCUT2D eigenvalue weighted by atomic mass is 10.1. The first-order valence-electron chi connectivity index (χ1n) is 8.61. The van der Waals surface area contributed by atoms with Gasteiger partial charge in [0.15, 0.2) is 5.13 Å². The van der Waals surface area contributed by atoms with E-state index in [-0.39, 0.29) is 30.0 Å². The van der Waals surface area contributed by atoms with Gasteiger partial charge in [-0.05, 0) is 18.2 Å². The summed E-state index contributed by atoms with van der Waals surface area (Å²) in [6, 6.07) is 5.94. The molecule has 0 spiro atoms. The summed E-state index contributed by atoms with van der Waals surface area (Å²) in [5.41, 5.74) is 0.513. The second kappa shape index (κ2) is 7.03. The number of piperazine rings is 1. The van der Waals surface area contributed by atoms with Crippen LogP contribution in [0.25, 0.3) is 0 Å². The highest BCUT2D eigenvalue weighted by atomic mass is 32.1. The standard InChI is InChI=1S/C18H19FN4O2S/c19-14-2-1-3-15(11-14)23-12-13(10-16(23)24)17(25)21-5-7-22(8-6-21)18-20-4-9-26-18/h1-4,9,11,13H,5-8,10,12H2/t13-/m1/s1. The van der Waals surface area contributed by atoms with Gasteiger partial charge in [-0.15, -0.1) is 11.3 Å². The molecule has 4 rings (SSSR count). The van der Waals surface area contributed by atoms with Gasteiger partial charge in [-0.1, -0.05) is 6.07 Å². The highest BCUT2D eigenvalue weighted by Crippen LogP contribution is 2.27. The van der Waals surface area contributed by atoms with E-state index in [2.05, 4.69) is 9.88 Å². The van der Waals surface area contributed by atoms with Crippen LogP contribution >= 0.6 is 11.3 Å². The zero-order valence-corrected chi connectivity index (χ0v) is 15.0. The summed E-state index contributed by atoms with van der Waals surface area (Å²) in [6.07, 6.45) is 1.96. The Labute approximate surface area is 154 Å². The van der Waals surface area contributed by atoms with Gasteiger partial charge in [0, 0.05) is 56.4 Å². The van der Waals surface area contributed by atoms with E-state index in [1.807, 2.05) is 10.3 Å². The van der Waals surface area contributed by atoms with E-state index < -0.39 is 0 Å². The van der Waals surface area contributed by atoms with Gasteiger partial charge in [0.1, 0.15) is 5.82 Å². The van der Waals surface area contributed by atoms with Crippen LogP contribution in [0.1, 0.15) is 6.42 Å². The Balaban J connectivity index is 1.38. The lowest BCUT2D eigenvalue weighted by Gasteiger charge is -2.35. The van der Waals surface area contributed by atoms with Crippen molar-refractivity contribution in [3.63, 3.8) is 0 Å². The minimum absolute atomic E-state index is 0.0102. The molecule has 1 aromatic carbocycles. The fourth-order valence-corrected chi connectivity index (χ4v) is 4.21. The maximum absolute atomic E-state index is 13.4. The molecule has 2 aliphatic rings. The number of benzene rings is 1. The van der Waals surface area contributed by atoms with Crippen LogP contribution in [0.4, 0.5) is 15.2 Å². The molecule has 1 atom stereocenters. The number of amides is 2. The Kier molecular flexibility index (Phi) is 4.58. The molecule has 2 saturated heterocycles. The quantitative estimate of drug-likeness (QED) is 0.824. The highest BCUT2D eigenvalue weighted by molar-refractivity contribution is 7.13. The summed E-state index contributed by atoms with van der Waals surface area (Å²) < 4.78 is 13.4. The Bertz CT molecular complexity index is 805. The van der Waals surface area contributed by atoms with Crippen LogP contribution in [-0.4, -0.2) is 54.4 Å². The van der Waals surface area contributed by atoms with Crippen LogP contribution in [0.2, 0.25) is 0 Å². The summed E-state index contributed by atoms with van der Waals surface area (Å²) in [5, 5.41) is 2.92. The van der Waals surface area contributed by atoms with Crippen LogP contribution in [0.3, 0.4) is 0 Å². The van der Waals surface area contributed by atoms with Gasteiger partial charge < -0.3 is 14.7 Å². The second-order valence-electron chi connectivity index (χ2n) is 6.51. The predicted octanol–water partition coefficient (Wildman–Crippen LogP) is 1.98. The number of carbonyl (C=O) groups excluding carboxylic acids is 2. The minimum atomic E-state index is -0.386. The number of rotatable bonds is 3. The Morgan fingerprint density at radius 2 is 2.04 bits per heavy atom. The third-order valence-electron chi connectivity index (χ3n) is 4.88. The first-order chi connectivity index (χ1) is 12.6. The number of halogens is 1. The Morgan fingerprint density at radius 3 is 2.73 bits per heavy atom. The van der Waals surface area contributed by atoms with Crippen molar-refractivity contribution < 1.29 is 14.0 Å². The van der Waals surface area contributed by atoms with Crippen molar-refractivity contribution in [3.8, 4) is 0 Å². The van der Waals surface area contributed by atoms with Gasteiger partial charge in [-0.2, -0.15) is 0 Å². The molecule has 0 N–H and O–H groups in total. The largest absolute Gasteiger partial charge is 0.345 e. The number of hydrogen-bond donors (Lipinski definition) is 0. The monoisotopic (exact) mass is 374 g/mol. The molecule has 8 heteroatoms. The maximum atomic E-state index is 13.4. The van der Waals surface area contributed by atoms with Crippen LogP contribution in [-0.2, 0) is 9.59 Å². The molecule has 1 aromatic heterocycles. The Morgan fingerprint density at radius 1 is 1.23 bits per heavy atom. The average molecular weight is 374 g/mol. The molecule has 6 nitrogen and oxygen atoms in total. The molecule has 2 aliphatic heterocycles. The first kappa shape index (κ1) is 17.0. The average Bonchev–Trinajstić information content (AvgIpc) is 3.31. The first-order valence-corrected chi connectivity index (χ1v) is 9.49. The number of anilines is 2. The van der Waals surface area contributed by atoms with E-state index in [0.717, 1.165) is 18.2 Å². The van der Waals surface area contributed by atoms with Crippen molar-refractivity contribution in [2.24, 2.45) is 5.92 Å². The molecule has 0 saturated carbocycles. The fourth-order valence-electron chi connectivity index (χ4n) is 3.51. The van der Waals surface area contributed by atoms with Gasteiger partial charge in [0.25, 0.3) is 0 Å². The third kappa shape index (κ3) is 3.29. The lowest BCUT2D eigenvalue weighted by molar-refractivity contribution is -0.136. The molecule has 0 unspecified atom stereocenters. The predicted molar refractivity (Wildman–Crippen MR) is 97.8 cm³/mol. The summed E-state index contributed by atoms with van der Waals surface area (Å²) in [7, 11) is 0. The topological polar surface area (TPSA) is 56.8 Å². The van der Waals surface area contributed by atoms with Gasteiger partial charge in [0.05, 0.1) is 5.92 Å². The zero-order chi connectivity index (χ0) is 18.1. The molecular formula is C18H19FN4O2S. The third-order valence-corrected chi connectivity index (χ3v) is 5.71. The maximum Gasteiger partial charge on any atom is 0.228 e. The molecule has 2 fully saturated rings. The number of hydrogen-bond acceptors (Lipinski definition) is 5. The molecule has 0 aliphatic carbocycles. The molecule has 0 radical (unpaired) electrons. The molecule has 3 heterocycles. The fraction of sp³-hybridized carbons (Fsp3) is 0.389. The molecular weight excluding hydrogens is 355 g/mol. The molecule has 26 heavy (non-hydrogen) atoms. The summed E-state index contributed by atoms with van der Waals surface area (Å²) in [6.45, 7) is 3.06. The van der Waals surface area contributed by atoms with E-state index in [0.29, 0.717) is 25.3 Å². The zero-order valence-electron chi connectivity index (χ0n) is 14.2. The molecule has 136 valence electrons. The molecule has 2 amide bonds. The van der Waals surface area contributed by atoms with E-state index in [1.165, 1.54) is 17.0 Å². The second-order valence-corrected chi connectivity index (χ2v) is 7.39. The van der Waals surface area contributed by atoms with Gasteiger partial charge in [-0.25, -0.2) is 9.37 Å². The van der Waals surface area contributed by atoms with Crippen LogP contribution in [0.5, 0.6) is 0 Å². The van der Waals surface area contributed by atoms with Crippen molar-refractivity contribution in [1.29, 1.82) is 0 Å². The van der Waals surface area contributed by atoms with Gasteiger partial charge in [-0.3, -0.25) is 9.59 Å². The van der Waals surface area contributed by atoms with E-state index in [4.69, 9.17) is 0 Å². The molecule has 2 aromatic rings. The lowest BCUT2D eigenvalue weighted by Crippen LogP contribution is -2.50. The van der Waals surface area contributed by atoms with Crippen LogP contribution in [0.15, 0.2) is 35.8 Å². The summed E-state index contributed by atoms with van der Waals surface area (Å²) in [5.74, 6) is -0.869. The highest BCUT2D eigenvalue weighted by Gasteiger charge is 2.38. The van der Waals surface area contributed by atoms with Crippen molar-refractivity contribution in [1.82, 2.24) is 9.88 Å². The smallest absolute Gasteiger partial charge is 0.228 e. The number of nitrogens with zero attached hydrogens (tertiary/aromatic N) is 4. The van der Waals surface area contributed by atoms with Crippen LogP contribution < -0.4 is 9.80 Å². The van der Waals surface area contributed by atoms with E-state index >= 15 is 0 Å². The van der Waals surface area contributed by atoms with Crippen molar-refractivity contribution in [2.75, 3.05) is 42.5 Å². The summed E-state index contributed by atoms with van der Waals surface area (Å²) in [4.78, 5) is 35.0. The normalized spacial score (nSPS) is 20.7. The van der Waals surface area contributed by atoms with Crippen molar-refractivity contribution in [2.45, 2.75) is 6.42 Å². The summed E-state index contributed by atoms with van der Waals surface area (Å²) >= 11 is 1.59. The minimum Gasteiger partial charge on any atom is -0.345 e. The number of aromatic nitrogens is 1. The van der Waals surface area contributed by atoms with Gasteiger partial charge in [0.2, 0.25) is 11.8 Å². The molecule has 0 bridgehead atoms. The Hall–Kier alpha value is -2.48. The number of thiazole rings is 1. The van der Waals surface area contributed by atoms with Crippen molar-refractivity contribution >= 4 is 34.0 Å².